The maximum absolute atomic E-state index is 12.0. The van der Waals surface area contributed by atoms with Gasteiger partial charge in [-0.1, -0.05) is 29.8 Å². The Bertz CT molecular complexity index is 864. The maximum atomic E-state index is 12.0. The molecule has 3 aromatic rings. The Kier molecular flexibility index (Phi) is 3.73. The van der Waals surface area contributed by atoms with E-state index < -0.39 is 5.76 Å². The number of ether oxygens (including phenoxy) is 1. The predicted octanol–water partition coefficient (Wildman–Crippen LogP) is 2.61. The summed E-state index contributed by atoms with van der Waals surface area (Å²) < 4.78 is 12.2. The van der Waals surface area contributed by atoms with Crippen LogP contribution >= 0.6 is 0 Å². The maximum Gasteiger partial charge on any atom is 0.420 e. The van der Waals surface area contributed by atoms with Crippen molar-refractivity contribution < 1.29 is 9.15 Å². The molecule has 2 aromatic carbocycles. The topological polar surface area (TPSA) is 70.4 Å². The Hall–Kier alpha value is -2.53. The fraction of sp³-hybridized carbons (Fsp3) is 0.235. The highest BCUT2D eigenvalue weighted by molar-refractivity contribution is 5.72. The molecule has 5 nitrogen and oxygen atoms in total. The van der Waals surface area contributed by atoms with Crippen molar-refractivity contribution >= 4 is 11.1 Å². The summed E-state index contributed by atoms with van der Waals surface area (Å²) in [5, 5.41) is 0. The van der Waals surface area contributed by atoms with Gasteiger partial charge in [-0.25, -0.2) is 4.79 Å². The highest BCUT2D eigenvalue weighted by Gasteiger charge is 2.16. The van der Waals surface area contributed by atoms with E-state index in [1.165, 1.54) is 0 Å². The minimum absolute atomic E-state index is 0.329. The fourth-order valence-corrected chi connectivity index (χ4v) is 2.63. The van der Waals surface area contributed by atoms with Gasteiger partial charge in [0.2, 0.25) is 0 Å². The van der Waals surface area contributed by atoms with E-state index in [4.69, 9.17) is 14.9 Å². The molecule has 0 amide bonds. The zero-order chi connectivity index (χ0) is 15.7. The average molecular weight is 298 g/mol. The molecular weight excluding hydrogens is 280 g/mol. The molecule has 0 aliphatic carbocycles. The van der Waals surface area contributed by atoms with Crippen molar-refractivity contribution in [2.75, 3.05) is 7.11 Å². The van der Waals surface area contributed by atoms with Gasteiger partial charge in [0.05, 0.1) is 18.7 Å². The van der Waals surface area contributed by atoms with Crippen LogP contribution in [0.1, 0.15) is 17.2 Å². The van der Waals surface area contributed by atoms with Crippen LogP contribution in [0, 0.1) is 6.92 Å². The van der Waals surface area contributed by atoms with Crippen LogP contribution in [0.3, 0.4) is 0 Å². The zero-order valence-corrected chi connectivity index (χ0v) is 12.6. The average Bonchev–Trinajstić information content (AvgIpc) is 2.83. The van der Waals surface area contributed by atoms with E-state index in [-0.39, 0.29) is 6.04 Å². The SMILES string of the molecule is COc1ccc(C)cc1C(N)Cn1c(=O)oc2ccccc21. The summed E-state index contributed by atoms with van der Waals surface area (Å²) in [5.74, 6) is 0.321. The van der Waals surface area contributed by atoms with Crippen LogP contribution in [0.4, 0.5) is 0 Å². The first-order valence-corrected chi connectivity index (χ1v) is 7.08. The number of nitrogens with two attached hydrogens (primary N) is 1. The molecule has 0 fully saturated rings. The van der Waals surface area contributed by atoms with Crippen LogP contribution in [0.2, 0.25) is 0 Å². The molecule has 0 aliphatic rings. The van der Waals surface area contributed by atoms with Crippen LogP contribution in [0.15, 0.2) is 51.7 Å². The number of oxazole rings is 1. The van der Waals surface area contributed by atoms with Crippen molar-refractivity contribution in [3.05, 3.63) is 64.1 Å². The molecule has 1 atom stereocenters. The second-order valence-corrected chi connectivity index (χ2v) is 5.30. The Balaban J connectivity index is 2.00. The third kappa shape index (κ3) is 2.51. The third-order valence-corrected chi connectivity index (χ3v) is 3.74. The second kappa shape index (κ2) is 5.69. The number of fused-ring (bicyclic) bond motifs is 1. The van der Waals surface area contributed by atoms with Crippen LogP contribution in [0.5, 0.6) is 5.75 Å². The van der Waals surface area contributed by atoms with Crippen LogP contribution < -0.4 is 16.2 Å². The van der Waals surface area contributed by atoms with Crippen molar-refractivity contribution in [1.29, 1.82) is 0 Å². The number of aromatic nitrogens is 1. The molecule has 3 rings (SSSR count). The molecular formula is C17H18N2O3. The van der Waals surface area contributed by atoms with Crippen LogP contribution in [0.25, 0.3) is 11.1 Å². The lowest BCUT2D eigenvalue weighted by Gasteiger charge is -2.16. The lowest BCUT2D eigenvalue weighted by atomic mass is 10.0. The number of para-hydroxylation sites is 2. The lowest BCUT2D eigenvalue weighted by molar-refractivity contribution is 0.400. The quantitative estimate of drug-likeness (QED) is 0.803. The van der Waals surface area contributed by atoms with Gasteiger partial charge in [-0.05, 0) is 25.1 Å². The van der Waals surface area contributed by atoms with Crippen LogP contribution in [-0.4, -0.2) is 11.7 Å². The number of aryl methyl sites for hydroxylation is 1. The van der Waals surface area contributed by atoms with Gasteiger partial charge in [-0.3, -0.25) is 4.57 Å². The Morgan fingerprint density at radius 2 is 2.05 bits per heavy atom. The summed E-state index contributed by atoms with van der Waals surface area (Å²) in [6.45, 7) is 2.32. The minimum Gasteiger partial charge on any atom is -0.496 e. The number of hydrogen-bond donors (Lipinski definition) is 1. The summed E-state index contributed by atoms with van der Waals surface area (Å²) >= 11 is 0. The molecule has 114 valence electrons. The summed E-state index contributed by atoms with van der Waals surface area (Å²) in [4.78, 5) is 12.0. The van der Waals surface area contributed by atoms with E-state index >= 15 is 0 Å². The summed E-state index contributed by atoms with van der Waals surface area (Å²) in [6, 6.07) is 12.8. The van der Waals surface area contributed by atoms with Crippen molar-refractivity contribution in [3.8, 4) is 5.75 Å². The first-order valence-electron chi connectivity index (χ1n) is 7.08. The Morgan fingerprint density at radius 1 is 1.27 bits per heavy atom. The van der Waals surface area contributed by atoms with E-state index in [0.717, 1.165) is 22.4 Å². The van der Waals surface area contributed by atoms with Crippen molar-refractivity contribution in [3.63, 3.8) is 0 Å². The van der Waals surface area contributed by atoms with Crippen molar-refractivity contribution in [2.45, 2.75) is 19.5 Å². The molecule has 1 heterocycles. The van der Waals surface area contributed by atoms with Gasteiger partial charge in [0.15, 0.2) is 5.58 Å². The first-order chi connectivity index (χ1) is 10.6. The number of nitrogens with zero attached hydrogens (tertiary/aromatic N) is 1. The number of hydrogen-bond acceptors (Lipinski definition) is 4. The highest BCUT2D eigenvalue weighted by atomic mass is 16.5. The van der Waals surface area contributed by atoms with Gasteiger partial charge in [-0.2, -0.15) is 0 Å². The third-order valence-electron chi connectivity index (χ3n) is 3.74. The zero-order valence-electron chi connectivity index (χ0n) is 12.6. The summed E-state index contributed by atoms with van der Waals surface area (Å²) in [6.07, 6.45) is 0. The Labute approximate surface area is 127 Å². The van der Waals surface area contributed by atoms with Crippen LogP contribution in [-0.2, 0) is 6.54 Å². The number of methoxy groups -OCH3 is 1. The monoisotopic (exact) mass is 298 g/mol. The summed E-state index contributed by atoms with van der Waals surface area (Å²) in [5.41, 5.74) is 9.59. The van der Waals surface area contributed by atoms with Gasteiger partial charge >= 0.3 is 5.76 Å². The molecule has 0 spiro atoms. The highest BCUT2D eigenvalue weighted by Crippen LogP contribution is 2.26. The number of rotatable bonds is 4. The summed E-state index contributed by atoms with van der Waals surface area (Å²) in [7, 11) is 1.61. The van der Waals surface area contributed by atoms with Gasteiger partial charge in [0.1, 0.15) is 5.75 Å². The van der Waals surface area contributed by atoms with E-state index in [9.17, 15) is 4.79 Å². The minimum atomic E-state index is -0.400. The van der Waals surface area contributed by atoms with E-state index in [2.05, 4.69) is 0 Å². The van der Waals surface area contributed by atoms with Gasteiger partial charge < -0.3 is 14.9 Å². The molecule has 1 unspecified atom stereocenters. The molecule has 1 aromatic heterocycles. The molecule has 0 saturated carbocycles. The molecule has 0 bridgehead atoms. The standard InChI is InChI=1S/C17H18N2O3/c1-11-7-8-15(21-2)12(9-11)13(18)10-19-14-5-3-4-6-16(14)22-17(19)20/h3-9,13H,10,18H2,1-2H3. The van der Waals surface area contributed by atoms with E-state index in [0.29, 0.717) is 12.1 Å². The first kappa shape index (κ1) is 14.4. The molecule has 0 aliphatic heterocycles. The normalized spacial score (nSPS) is 12.5. The predicted molar refractivity (Wildman–Crippen MR) is 85.1 cm³/mol. The largest absolute Gasteiger partial charge is 0.496 e. The lowest BCUT2D eigenvalue weighted by Crippen LogP contribution is -2.24. The second-order valence-electron chi connectivity index (χ2n) is 5.30. The molecule has 22 heavy (non-hydrogen) atoms. The Morgan fingerprint density at radius 3 is 2.82 bits per heavy atom. The smallest absolute Gasteiger partial charge is 0.420 e. The molecule has 0 radical (unpaired) electrons. The van der Waals surface area contributed by atoms with Crippen molar-refractivity contribution in [1.82, 2.24) is 4.57 Å². The van der Waals surface area contributed by atoms with Gasteiger partial charge in [0.25, 0.3) is 0 Å². The van der Waals surface area contributed by atoms with Crippen molar-refractivity contribution in [2.24, 2.45) is 5.73 Å². The van der Waals surface area contributed by atoms with E-state index in [1.54, 1.807) is 17.7 Å². The van der Waals surface area contributed by atoms with Gasteiger partial charge in [0, 0.05) is 12.1 Å². The fourth-order valence-electron chi connectivity index (χ4n) is 2.63. The molecule has 5 heteroatoms. The molecule has 2 N–H and O–H groups in total. The number of benzene rings is 2. The van der Waals surface area contributed by atoms with Gasteiger partial charge in [-0.15, -0.1) is 0 Å². The molecule has 0 saturated heterocycles. The van der Waals surface area contributed by atoms with E-state index in [1.807, 2.05) is 43.3 Å².